The van der Waals surface area contributed by atoms with E-state index in [0.717, 1.165) is 37.7 Å². The molecule has 3 aliphatic rings. The fourth-order valence-electron chi connectivity index (χ4n) is 8.79. The van der Waals surface area contributed by atoms with E-state index in [1.165, 1.54) is 7.11 Å². The summed E-state index contributed by atoms with van der Waals surface area (Å²) in [7, 11) is 1.71. The molecule has 1 aliphatic carbocycles. The molecule has 53 heavy (non-hydrogen) atoms. The minimum absolute atomic E-state index is 0.00996. The third kappa shape index (κ3) is 10.5. The number of amides is 4. The number of ether oxygens (including phenoxy) is 2. The van der Waals surface area contributed by atoms with Gasteiger partial charge in [0.15, 0.2) is 0 Å². The van der Waals surface area contributed by atoms with E-state index in [0.29, 0.717) is 24.9 Å². The van der Waals surface area contributed by atoms with Gasteiger partial charge in [0.2, 0.25) is 31.7 Å². The number of piperidine rings is 1. The number of carbonyl (C=O) groups is 4. The first-order valence-electron chi connectivity index (χ1n) is 19.5. The molecule has 2 aliphatic heterocycles. The van der Waals surface area contributed by atoms with Crippen LogP contribution in [-0.2, 0) is 39.6 Å². The maximum Gasteiger partial charge on any atom is 0.245 e. The monoisotopic (exact) mass is 761 g/mol. The molecule has 3 fully saturated rings. The Morgan fingerprint density at radius 1 is 1.04 bits per heavy atom. The summed E-state index contributed by atoms with van der Waals surface area (Å²) >= 11 is 0. The van der Waals surface area contributed by atoms with Crippen LogP contribution in [0.4, 0.5) is 0 Å². The molecule has 8 unspecified atom stereocenters. The summed E-state index contributed by atoms with van der Waals surface area (Å²) in [6.45, 7) is 10.1. The Balaban J connectivity index is 1.45. The number of hydrogen-bond donors (Lipinski definition) is 4. The first-order valence-corrected chi connectivity index (χ1v) is 20.9. The maximum absolute atomic E-state index is 14.2. The van der Waals surface area contributed by atoms with E-state index in [4.69, 9.17) is 9.47 Å². The third-order valence-corrected chi connectivity index (χ3v) is 13.0. The van der Waals surface area contributed by atoms with Crippen molar-refractivity contribution in [2.24, 2.45) is 23.7 Å². The fraction of sp³-hybridized carbons (Fsp3) is 0.744. The summed E-state index contributed by atoms with van der Waals surface area (Å²) in [6.07, 6.45) is 4.13. The molecule has 13 nitrogen and oxygen atoms in total. The van der Waals surface area contributed by atoms with Crippen molar-refractivity contribution >= 4 is 31.7 Å². The van der Waals surface area contributed by atoms with Crippen molar-refractivity contribution in [2.75, 3.05) is 27.8 Å². The van der Waals surface area contributed by atoms with Gasteiger partial charge in [0.05, 0.1) is 42.7 Å². The number of rotatable bonds is 19. The molecule has 0 aromatic heterocycles. The molecule has 1 aromatic carbocycles. The van der Waals surface area contributed by atoms with Crippen LogP contribution in [-0.4, -0.2) is 114 Å². The molecule has 2 saturated heterocycles. The highest BCUT2D eigenvalue weighted by molar-refractivity contribution is 7.38. The van der Waals surface area contributed by atoms with E-state index < -0.39 is 56.0 Å². The Morgan fingerprint density at radius 2 is 1.74 bits per heavy atom. The first-order chi connectivity index (χ1) is 25.2. The predicted octanol–water partition coefficient (Wildman–Crippen LogP) is 3.34. The highest BCUT2D eigenvalue weighted by Crippen LogP contribution is 2.36. The van der Waals surface area contributed by atoms with E-state index >= 15 is 0 Å². The van der Waals surface area contributed by atoms with Crippen molar-refractivity contribution in [2.45, 2.75) is 134 Å². The quantitative estimate of drug-likeness (QED) is 0.155. The normalized spacial score (nSPS) is 25.6. The number of benzene rings is 1. The molecule has 2 heterocycles. The van der Waals surface area contributed by atoms with Gasteiger partial charge < -0.3 is 40.1 Å². The van der Waals surface area contributed by atoms with Crippen molar-refractivity contribution in [3.8, 4) is 0 Å². The molecule has 14 heteroatoms. The second kappa shape index (κ2) is 19.7. The maximum atomic E-state index is 14.2. The lowest BCUT2D eigenvalue weighted by Gasteiger charge is -2.41. The lowest BCUT2D eigenvalue weighted by atomic mass is 9.89. The van der Waals surface area contributed by atoms with Crippen molar-refractivity contribution in [1.29, 1.82) is 0 Å². The van der Waals surface area contributed by atoms with E-state index in [-0.39, 0.29) is 48.4 Å². The van der Waals surface area contributed by atoms with Crippen LogP contribution >= 0.6 is 8.03 Å². The number of carbonyl (C=O) groups excluding carboxylic acids is 4. The fourth-order valence-corrected chi connectivity index (χ4v) is 9.46. The van der Waals surface area contributed by atoms with Crippen LogP contribution in [0.25, 0.3) is 0 Å². The molecule has 2 bridgehead atoms. The van der Waals surface area contributed by atoms with Crippen LogP contribution in [0, 0.1) is 23.7 Å². The molecule has 0 spiro atoms. The summed E-state index contributed by atoms with van der Waals surface area (Å²) < 4.78 is 24.2. The van der Waals surface area contributed by atoms with Crippen LogP contribution < -0.4 is 16.0 Å². The van der Waals surface area contributed by atoms with Crippen LogP contribution in [0.1, 0.15) is 85.1 Å². The van der Waals surface area contributed by atoms with Crippen LogP contribution in [0.2, 0.25) is 0 Å². The molecular weight excluding hydrogens is 697 g/mol. The summed E-state index contributed by atoms with van der Waals surface area (Å²) in [5, 5.41) is 9.26. The Bertz CT molecular complexity index is 1420. The average Bonchev–Trinajstić information content (AvgIpc) is 3.92. The lowest BCUT2D eigenvalue weighted by molar-refractivity contribution is -0.147. The Hall–Kier alpha value is -2.83. The molecule has 4 amide bonds. The number of likely N-dealkylation sites (tertiary alicyclic amines) is 1. The number of hydrogen-bond acceptors (Lipinski definition) is 8. The molecule has 0 radical (unpaired) electrons. The molecule has 1 aromatic rings. The minimum Gasteiger partial charge on any atom is -0.379 e. The number of nitrogens with one attached hydrogen (secondary N) is 3. The first kappa shape index (κ1) is 42.9. The second-order valence-electron chi connectivity index (χ2n) is 15.8. The van der Waals surface area contributed by atoms with Crippen molar-refractivity contribution in [1.82, 2.24) is 25.8 Å². The predicted molar refractivity (Wildman–Crippen MR) is 204 cm³/mol. The largest absolute Gasteiger partial charge is 0.379 e. The molecule has 12 atom stereocenters. The second-order valence-corrected chi connectivity index (χ2v) is 17.2. The zero-order valence-corrected chi connectivity index (χ0v) is 33.9. The van der Waals surface area contributed by atoms with Crippen molar-refractivity contribution < 1.29 is 38.1 Å². The van der Waals surface area contributed by atoms with Gasteiger partial charge in [0.1, 0.15) is 11.8 Å². The van der Waals surface area contributed by atoms with Crippen LogP contribution in [0.15, 0.2) is 30.3 Å². The zero-order valence-electron chi connectivity index (χ0n) is 32.9. The van der Waals surface area contributed by atoms with Gasteiger partial charge in [0, 0.05) is 40.3 Å². The van der Waals surface area contributed by atoms with Gasteiger partial charge in [-0.25, -0.2) is 0 Å². The summed E-state index contributed by atoms with van der Waals surface area (Å²) in [5.74, 6) is -2.47. The van der Waals surface area contributed by atoms with Gasteiger partial charge in [-0.1, -0.05) is 71.4 Å². The Morgan fingerprint density at radius 3 is 2.28 bits per heavy atom. The topological polar surface area (TPSA) is 167 Å². The van der Waals surface area contributed by atoms with Gasteiger partial charge in [-0.05, 0) is 55.4 Å². The van der Waals surface area contributed by atoms with Gasteiger partial charge >= 0.3 is 0 Å². The average molecular weight is 762 g/mol. The van der Waals surface area contributed by atoms with Crippen LogP contribution in [0.3, 0.4) is 0 Å². The van der Waals surface area contributed by atoms with Gasteiger partial charge in [0.25, 0.3) is 0 Å². The molecule has 4 N–H and O–H groups in total. The van der Waals surface area contributed by atoms with Gasteiger partial charge in [-0.3, -0.25) is 23.7 Å². The van der Waals surface area contributed by atoms with Crippen molar-refractivity contribution in [3.05, 3.63) is 35.9 Å². The van der Waals surface area contributed by atoms with E-state index in [2.05, 4.69) is 16.0 Å². The SMILES string of the molecule is CCC(C)C(C(CC(=O)N1CCC[C@H]1C(OC)C(C)C(=O)NC(Cc1ccccc1)[PH](=O)O)OC)N(C)C(=O)C(NC(=O)[C@H]1N[C@@H]2CC[C@H]1C2)C(C)C. The van der Waals surface area contributed by atoms with E-state index in [9.17, 15) is 28.6 Å². The van der Waals surface area contributed by atoms with E-state index in [1.807, 2.05) is 58.0 Å². The number of fused-ring (bicyclic) bond motifs is 2. The lowest BCUT2D eigenvalue weighted by Crippen LogP contribution is -2.59. The minimum atomic E-state index is -3.09. The van der Waals surface area contributed by atoms with Crippen LogP contribution in [0.5, 0.6) is 0 Å². The summed E-state index contributed by atoms with van der Waals surface area (Å²) in [5.41, 5.74) is 0.835. The number of methoxy groups -OCH3 is 2. The Kier molecular flexibility index (Phi) is 15.9. The summed E-state index contributed by atoms with van der Waals surface area (Å²) in [4.78, 5) is 68.8. The zero-order chi connectivity index (χ0) is 39.0. The molecule has 4 rings (SSSR count). The standard InChI is InChI=1S/C39H64N5O8P/c1-9-24(4)35(43(6)39(48)33(23(2)3)42-38(47)34-27-17-18-28(21-27)40-34)30(51-7)22-32(45)44-19-13-16-29(44)36(52-8)25(5)37(46)41-31(53(49)50)20-26-14-11-10-12-15-26/h10-12,14-15,23-25,27-31,33-36,40,53H,9,13,16-22H2,1-8H3,(H,41,46)(H,42,47)(H,49,50)/t24?,25?,27-,28+,29-,30?,31?,33?,34-,35?,36?/m0/s1. The van der Waals surface area contributed by atoms with Gasteiger partial charge in [-0.15, -0.1) is 0 Å². The van der Waals surface area contributed by atoms with E-state index in [1.54, 1.807) is 30.9 Å². The summed E-state index contributed by atoms with van der Waals surface area (Å²) in [6, 6.07) is 7.74. The van der Waals surface area contributed by atoms with Crippen molar-refractivity contribution in [3.63, 3.8) is 0 Å². The van der Waals surface area contributed by atoms with Gasteiger partial charge in [-0.2, -0.15) is 0 Å². The number of nitrogens with zero attached hydrogens (tertiary/aromatic N) is 2. The third-order valence-electron chi connectivity index (χ3n) is 12.0. The molecule has 1 saturated carbocycles. The Labute approximate surface area is 316 Å². The molecule has 298 valence electrons. The highest BCUT2D eigenvalue weighted by Gasteiger charge is 2.46. The smallest absolute Gasteiger partial charge is 0.245 e. The highest BCUT2D eigenvalue weighted by atomic mass is 31.1. The number of likely N-dealkylation sites (N-methyl/N-ethyl adjacent to an activating group) is 1. The molecular formula is C39H64N5O8P.